The van der Waals surface area contributed by atoms with Crippen LogP contribution in [-0.4, -0.2) is 8.42 Å². The molecular formula is C11H14N2O3S2. The van der Waals surface area contributed by atoms with Crippen LogP contribution in [-0.2, 0) is 23.1 Å². The van der Waals surface area contributed by atoms with Crippen molar-refractivity contribution in [3.05, 3.63) is 39.8 Å². The molecule has 0 fully saturated rings. The number of aryl methyl sites for hydroxylation is 1. The van der Waals surface area contributed by atoms with Crippen molar-refractivity contribution in [2.45, 2.75) is 25.1 Å². The van der Waals surface area contributed by atoms with Crippen molar-refractivity contribution in [2.75, 3.05) is 0 Å². The molecule has 0 radical (unpaired) electrons. The molecule has 0 atom stereocenters. The molecule has 98 valence electrons. The first-order valence-electron chi connectivity index (χ1n) is 5.33. The molecule has 2 heterocycles. The van der Waals surface area contributed by atoms with E-state index in [4.69, 9.17) is 9.56 Å². The standard InChI is InChI=1S/C11H14N2O3S2/c1-8-2-4-10(17-8)7-13-6-9-3-5-11(16-9)18(12,14)15/h2-5,13H,6-7H2,1H3,(H2,12,14,15). The van der Waals surface area contributed by atoms with Gasteiger partial charge in [0.1, 0.15) is 5.76 Å². The minimum atomic E-state index is -3.75. The zero-order valence-electron chi connectivity index (χ0n) is 9.84. The maximum absolute atomic E-state index is 11.0. The zero-order chi connectivity index (χ0) is 13.2. The third kappa shape index (κ3) is 3.42. The van der Waals surface area contributed by atoms with E-state index in [1.54, 1.807) is 17.4 Å². The number of nitrogens with two attached hydrogens (primary N) is 1. The third-order valence-corrected chi connectivity index (χ3v) is 4.09. The van der Waals surface area contributed by atoms with Crippen LogP contribution in [0.5, 0.6) is 0 Å². The first kappa shape index (κ1) is 13.3. The Morgan fingerprint density at radius 2 is 2.06 bits per heavy atom. The highest BCUT2D eigenvalue weighted by molar-refractivity contribution is 7.89. The Kier molecular flexibility index (Phi) is 3.86. The van der Waals surface area contributed by atoms with E-state index in [1.807, 2.05) is 0 Å². The third-order valence-electron chi connectivity index (χ3n) is 2.31. The number of primary sulfonamides is 1. The van der Waals surface area contributed by atoms with Gasteiger partial charge in [-0.1, -0.05) is 0 Å². The highest BCUT2D eigenvalue weighted by Gasteiger charge is 2.12. The van der Waals surface area contributed by atoms with Crippen molar-refractivity contribution in [2.24, 2.45) is 5.14 Å². The van der Waals surface area contributed by atoms with Gasteiger partial charge >= 0.3 is 0 Å². The Hall–Kier alpha value is -1.15. The van der Waals surface area contributed by atoms with Crippen molar-refractivity contribution < 1.29 is 12.8 Å². The lowest BCUT2D eigenvalue weighted by Crippen LogP contribution is -2.12. The first-order valence-corrected chi connectivity index (χ1v) is 7.69. The monoisotopic (exact) mass is 286 g/mol. The molecule has 2 aromatic rings. The maximum Gasteiger partial charge on any atom is 0.271 e. The summed E-state index contributed by atoms with van der Waals surface area (Å²) < 4.78 is 27.1. The van der Waals surface area contributed by atoms with Gasteiger partial charge < -0.3 is 9.73 Å². The molecule has 0 saturated carbocycles. The molecule has 0 spiro atoms. The summed E-state index contributed by atoms with van der Waals surface area (Å²) in [7, 11) is -3.75. The van der Waals surface area contributed by atoms with Crippen LogP contribution >= 0.6 is 11.3 Å². The van der Waals surface area contributed by atoms with Crippen LogP contribution in [0.3, 0.4) is 0 Å². The van der Waals surface area contributed by atoms with E-state index in [-0.39, 0.29) is 5.09 Å². The lowest BCUT2D eigenvalue weighted by atomic mass is 10.4. The van der Waals surface area contributed by atoms with E-state index in [9.17, 15) is 8.42 Å². The van der Waals surface area contributed by atoms with Crippen molar-refractivity contribution >= 4 is 21.4 Å². The average molecular weight is 286 g/mol. The maximum atomic E-state index is 11.0. The fourth-order valence-corrected chi connectivity index (χ4v) is 2.84. The van der Waals surface area contributed by atoms with Gasteiger partial charge in [0, 0.05) is 16.3 Å². The predicted octanol–water partition coefficient (Wildman–Crippen LogP) is 1.59. The minimum absolute atomic E-state index is 0.203. The molecule has 0 aliphatic rings. The summed E-state index contributed by atoms with van der Waals surface area (Å²) in [5.41, 5.74) is 0. The van der Waals surface area contributed by atoms with Crippen LogP contribution in [0.1, 0.15) is 15.5 Å². The summed E-state index contributed by atoms with van der Waals surface area (Å²) in [6, 6.07) is 7.09. The summed E-state index contributed by atoms with van der Waals surface area (Å²) in [5, 5.41) is 7.93. The van der Waals surface area contributed by atoms with Crippen molar-refractivity contribution in [3.63, 3.8) is 0 Å². The Bertz CT molecular complexity index is 628. The second-order valence-electron chi connectivity index (χ2n) is 3.88. The Morgan fingerprint density at radius 3 is 2.61 bits per heavy atom. The van der Waals surface area contributed by atoms with Gasteiger partial charge in [0.2, 0.25) is 5.09 Å². The molecule has 0 aromatic carbocycles. The van der Waals surface area contributed by atoms with Gasteiger partial charge in [-0.05, 0) is 31.2 Å². The van der Waals surface area contributed by atoms with Crippen LogP contribution in [0.25, 0.3) is 0 Å². The van der Waals surface area contributed by atoms with Gasteiger partial charge in [0.15, 0.2) is 0 Å². The smallest absolute Gasteiger partial charge is 0.271 e. The molecule has 0 unspecified atom stereocenters. The molecule has 0 bridgehead atoms. The Morgan fingerprint density at radius 1 is 1.28 bits per heavy atom. The van der Waals surface area contributed by atoms with Gasteiger partial charge in [-0.15, -0.1) is 11.3 Å². The fourth-order valence-electron chi connectivity index (χ4n) is 1.50. The predicted molar refractivity (Wildman–Crippen MR) is 69.7 cm³/mol. The van der Waals surface area contributed by atoms with Crippen LogP contribution in [0, 0.1) is 6.92 Å². The topological polar surface area (TPSA) is 85.3 Å². The number of sulfonamides is 1. The molecule has 0 aliphatic carbocycles. The molecule has 3 N–H and O–H groups in total. The van der Waals surface area contributed by atoms with Crippen molar-refractivity contribution in [3.8, 4) is 0 Å². The van der Waals surface area contributed by atoms with Crippen LogP contribution in [0.15, 0.2) is 33.8 Å². The number of rotatable bonds is 5. The second kappa shape index (κ2) is 5.23. The van der Waals surface area contributed by atoms with Crippen LogP contribution in [0.4, 0.5) is 0 Å². The largest absolute Gasteiger partial charge is 0.447 e. The van der Waals surface area contributed by atoms with Crippen LogP contribution in [0.2, 0.25) is 0 Å². The molecule has 2 aromatic heterocycles. The quantitative estimate of drug-likeness (QED) is 0.874. The van der Waals surface area contributed by atoms with E-state index in [1.165, 1.54) is 15.8 Å². The van der Waals surface area contributed by atoms with Gasteiger partial charge in [0.05, 0.1) is 6.54 Å². The van der Waals surface area contributed by atoms with Crippen molar-refractivity contribution in [1.82, 2.24) is 5.32 Å². The summed E-state index contributed by atoms with van der Waals surface area (Å²) in [6.45, 7) is 3.25. The number of thiophene rings is 1. The van der Waals surface area contributed by atoms with E-state index in [2.05, 4.69) is 24.4 Å². The van der Waals surface area contributed by atoms with Gasteiger partial charge in [-0.25, -0.2) is 13.6 Å². The molecule has 5 nitrogen and oxygen atoms in total. The average Bonchev–Trinajstić information content (AvgIpc) is 2.87. The van der Waals surface area contributed by atoms with Gasteiger partial charge in [-0.3, -0.25) is 0 Å². The summed E-state index contributed by atoms with van der Waals surface area (Å²) in [4.78, 5) is 2.49. The lowest BCUT2D eigenvalue weighted by molar-refractivity contribution is 0.402. The molecule has 2 rings (SSSR count). The summed E-state index contributed by atoms with van der Waals surface area (Å²) in [6.07, 6.45) is 0. The second-order valence-corrected chi connectivity index (χ2v) is 6.75. The van der Waals surface area contributed by atoms with E-state index in [0.29, 0.717) is 12.3 Å². The zero-order valence-corrected chi connectivity index (χ0v) is 11.5. The van der Waals surface area contributed by atoms with Crippen molar-refractivity contribution in [1.29, 1.82) is 0 Å². The lowest BCUT2D eigenvalue weighted by Gasteiger charge is -2.00. The number of furan rings is 1. The first-order chi connectivity index (χ1) is 8.45. The molecule has 0 aliphatic heterocycles. The molecule has 0 saturated heterocycles. The summed E-state index contributed by atoms with van der Waals surface area (Å²) in [5.74, 6) is 0.548. The number of hydrogen-bond donors (Lipinski definition) is 2. The minimum Gasteiger partial charge on any atom is -0.447 e. The normalized spacial score (nSPS) is 11.9. The molecule has 0 amide bonds. The van der Waals surface area contributed by atoms with Crippen LogP contribution < -0.4 is 10.5 Å². The van der Waals surface area contributed by atoms with E-state index in [0.717, 1.165) is 6.54 Å². The number of hydrogen-bond acceptors (Lipinski definition) is 5. The molecule has 18 heavy (non-hydrogen) atoms. The highest BCUT2D eigenvalue weighted by Crippen LogP contribution is 2.15. The van der Waals surface area contributed by atoms with E-state index >= 15 is 0 Å². The molecular weight excluding hydrogens is 272 g/mol. The SMILES string of the molecule is Cc1ccc(CNCc2ccc(S(N)(=O)=O)o2)s1. The van der Waals surface area contributed by atoms with Gasteiger partial charge in [0.25, 0.3) is 10.0 Å². The highest BCUT2D eigenvalue weighted by atomic mass is 32.2. The number of nitrogens with one attached hydrogen (secondary N) is 1. The Balaban J connectivity index is 1.89. The fraction of sp³-hybridized carbons (Fsp3) is 0.273. The van der Waals surface area contributed by atoms with E-state index < -0.39 is 10.0 Å². The Labute approximate surface area is 110 Å². The molecule has 7 heteroatoms. The van der Waals surface area contributed by atoms with Gasteiger partial charge in [-0.2, -0.15) is 0 Å². The summed E-state index contributed by atoms with van der Waals surface area (Å²) >= 11 is 1.72.